The van der Waals surface area contributed by atoms with Crippen LogP contribution in [0, 0.1) is 0 Å². The van der Waals surface area contributed by atoms with E-state index in [1.54, 1.807) is 18.3 Å². The standard InChI is InChI=1S/C12H15N3O2/c1-7(2)11-14-6-8-4-3-5-9(15(8)11)10(13)12(16)17/h3-7,10H,13H2,1-2H3,(H,16,17). The molecule has 0 aliphatic heterocycles. The number of imidazole rings is 1. The number of rotatable bonds is 3. The number of carboxylic acids is 1. The SMILES string of the molecule is CC(C)c1ncc2cccc(C(N)C(=O)O)n12. The van der Waals surface area contributed by atoms with Gasteiger partial charge in [-0.1, -0.05) is 19.9 Å². The lowest BCUT2D eigenvalue weighted by atomic mass is 10.1. The summed E-state index contributed by atoms with van der Waals surface area (Å²) in [5.41, 5.74) is 7.10. The van der Waals surface area contributed by atoms with Crippen molar-refractivity contribution in [3.8, 4) is 0 Å². The summed E-state index contributed by atoms with van der Waals surface area (Å²) in [6.45, 7) is 4.02. The van der Waals surface area contributed by atoms with Crippen LogP contribution in [0.2, 0.25) is 0 Å². The van der Waals surface area contributed by atoms with E-state index in [1.807, 2.05) is 24.3 Å². The molecule has 5 heteroatoms. The molecule has 0 aliphatic carbocycles. The summed E-state index contributed by atoms with van der Waals surface area (Å²) in [6, 6.07) is 4.36. The van der Waals surface area contributed by atoms with Crippen molar-refractivity contribution in [1.82, 2.24) is 9.38 Å². The Morgan fingerprint density at radius 3 is 2.76 bits per heavy atom. The van der Waals surface area contributed by atoms with Crippen molar-refractivity contribution in [2.45, 2.75) is 25.8 Å². The second-order valence-corrected chi connectivity index (χ2v) is 4.30. The van der Waals surface area contributed by atoms with E-state index in [4.69, 9.17) is 10.8 Å². The van der Waals surface area contributed by atoms with Crippen LogP contribution >= 0.6 is 0 Å². The number of pyridine rings is 1. The van der Waals surface area contributed by atoms with Crippen LogP contribution in [0.25, 0.3) is 5.52 Å². The zero-order chi connectivity index (χ0) is 12.6. The van der Waals surface area contributed by atoms with Crippen molar-refractivity contribution in [2.24, 2.45) is 5.73 Å². The number of hydrogen-bond donors (Lipinski definition) is 2. The summed E-state index contributed by atoms with van der Waals surface area (Å²) in [5.74, 6) is -0.00662. The van der Waals surface area contributed by atoms with Gasteiger partial charge >= 0.3 is 5.97 Å². The van der Waals surface area contributed by atoms with Gasteiger partial charge in [-0.05, 0) is 12.1 Å². The van der Waals surface area contributed by atoms with E-state index in [9.17, 15) is 4.79 Å². The van der Waals surface area contributed by atoms with Crippen LogP contribution < -0.4 is 5.73 Å². The van der Waals surface area contributed by atoms with E-state index >= 15 is 0 Å². The maximum absolute atomic E-state index is 11.0. The van der Waals surface area contributed by atoms with E-state index in [0.29, 0.717) is 5.69 Å². The lowest BCUT2D eigenvalue weighted by molar-refractivity contribution is -0.138. The smallest absolute Gasteiger partial charge is 0.326 e. The molecule has 0 spiro atoms. The van der Waals surface area contributed by atoms with E-state index in [1.165, 1.54) is 0 Å². The normalized spacial score (nSPS) is 13.2. The summed E-state index contributed by atoms with van der Waals surface area (Å²) in [5, 5.41) is 9.00. The minimum Gasteiger partial charge on any atom is -0.480 e. The van der Waals surface area contributed by atoms with Crippen molar-refractivity contribution in [1.29, 1.82) is 0 Å². The molecular formula is C12H15N3O2. The molecule has 0 radical (unpaired) electrons. The molecule has 2 rings (SSSR count). The Morgan fingerprint density at radius 2 is 2.18 bits per heavy atom. The molecule has 0 saturated carbocycles. The summed E-state index contributed by atoms with van der Waals surface area (Å²) in [4.78, 5) is 15.3. The molecule has 2 aromatic heterocycles. The lowest BCUT2D eigenvalue weighted by Crippen LogP contribution is -2.23. The first kappa shape index (κ1) is 11.6. The molecular weight excluding hydrogens is 218 g/mol. The average Bonchev–Trinajstić information content (AvgIpc) is 2.71. The Balaban J connectivity index is 2.70. The third-order valence-corrected chi connectivity index (χ3v) is 2.71. The number of aliphatic carboxylic acids is 1. The van der Waals surface area contributed by atoms with E-state index in [0.717, 1.165) is 11.3 Å². The molecule has 0 amide bonds. The highest BCUT2D eigenvalue weighted by Gasteiger charge is 2.19. The second kappa shape index (κ2) is 4.18. The number of fused-ring (bicyclic) bond motifs is 1. The molecule has 17 heavy (non-hydrogen) atoms. The molecule has 0 bridgehead atoms. The predicted octanol–water partition coefficient (Wildman–Crippen LogP) is 1.54. The predicted molar refractivity (Wildman–Crippen MR) is 63.8 cm³/mol. The number of carbonyl (C=O) groups is 1. The largest absolute Gasteiger partial charge is 0.480 e. The van der Waals surface area contributed by atoms with Gasteiger partial charge in [-0.3, -0.25) is 9.20 Å². The van der Waals surface area contributed by atoms with Crippen LogP contribution in [0.4, 0.5) is 0 Å². The topological polar surface area (TPSA) is 80.6 Å². The van der Waals surface area contributed by atoms with Crippen LogP contribution in [0.15, 0.2) is 24.4 Å². The number of carboxylic acid groups (broad SMARTS) is 1. The van der Waals surface area contributed by atoms with Gasteiger partial charge in [0.2, 0.25) is 0 Å². The van der Waals surface area contributed by atoms with Crippen molar-refractivity contribution in [3.05, 3.63) is 35.9 Å². The molecule has 0 aromatic carbocycles. The van der Waals surface area contributed by atoms with E-state index in [-0.39, 0.29) is 5.92 Å². The Hall–Kier alpha value is -1.88. The summed E-state index contributed by atoms with van der Waals surface area (Å²) < 4.78 is 1.82. The zero-order valence-electron chi connectivity index (χ0n) is 9.79. The van der Waals surface area contributed by atoms with Crippen LogP contribution in [-0.4, -0.2) is 20.5 Å². The molecule has 0 aliphatic rings. The first-order chi connectivity index (χ1) is 8.02. The highest BCUT2D eigenvalue weighted by Crippen LogP contribution is 2.21. The van der Waals surface area contributed by atoms with Gasteiger partial charge in [-0.15, -0.1) is 0 Å². The fourth-order valence-electron chi connectivity index (χ4n) is 1.88. The second-order valence-electron chi connectivity index (χ2n) is 4.30. The Morgan fingerprint density at radius 1 is 1.47 bits per heavy atom. The molecule has 3 N–H and O–H groups in total. The Kier molecular flexibility index (Phi) is 2.85. The van der Waals surface area contributed by atoms with Gasteiger partial charge in [0.1, 0.15) is 11.9 Å². The quantitative estimate of drug-likeness (QED) is 0.842. The third-order valence-electron chi connectivity index (χ3n) is 2.71. The van der Waals surface area contributed by atoms with Gasteiger partial charge in [0.05, 0.1) is 17.4 Å². The number of hydrogen-bond acceptors (Lipinski definition) is 3. The molecule has 5 nitrogen and oxygen atoms in total. The maximum atomic E-state index is 11.0. The highest BCUT2D eigenvalue weighted by atomic mass is 16.4. The molecule has 1 unspecified atom stereocenters. The Bertz CT molecular complexity index is 560. The van der Waals surface area contributed by atoms with Gasteiger partial charge in [0, 0.05) is 5.92 Å². The van der Waals surface area contributed by atoms with Gasteiger partial charge < -0.3 is 10.8 Å². The lowest BCUT2D eigenvalue weighted by Gasteiger charge is -2.13. The molecule has 2 aromatic rings. The fraction of sp³-hybridized carbons (Fsp3) is 0.333. The fourth-order valence-corrected chi connectivity index (χ4v) is 1.88. The van der Waals surface area contributed by atoms with Crippen molar-refractivity contribution >= 4 is 11.5 Å². The van der Waals surface area contributed by atoms with Crippen LogP contribution in [-0.2, 0) is 4.79 Å². The first-order valence-electron chi connectivity index (χ1n) is 5.47. The minimum absolute atomic E-state index is 0.208. The van der Waals surface area contributed by atoms with Crippen LogP contribution in [0.3, 0.4) is 0 Å². The molecule has 0 saturated heterocycles. The van der Waals surface area contributed by atoms with Crippen LogP contribution in [0.1, 0.15) is 37.3 Å². The summed E-state index contributed by atoms with van der Waals surface area (Å²) in [7, 11) is 0. The molecule has 2 heterocycles. The number of nitrogens with two attached hydrogens (primary N) is 1. The van der Waals surface area contributed by atoms with E-state index < -0.39 is 12.0 Å². The molecule has 1 atom stereocenters. The van der Waals surface area contributed by atoms with Gasteiger partial charge in [-0.2, -0.15) is 0 Å². The number of aromatic nitrogens is 2. The van der Waals surface area contributed by atoms with Crippen molar-refractivity contribution in [3.63, 3.8) is 0 Å². The summed E-state index contributed by atoms with van der Waals surface area (Å²) in [6.07, 6.45) is 1.73. The zero-order valence-corrected chi connectivity index (χ0v) is 9.79. The monoisotopic (exact) mass is 233 g/mol. The average molecular weight is 233 g/mol. The Labute approximate surface area is 98.9 Å². The minimum atomic E-state index is -1.04. The first-order valence-corrected chi connectivity index (χ1v) is 5.47. The maximum Gasteiger partial charge on any atom is 0.326 e. The highest BCUT2D eigenvalue weighted by molar-refractivity contribution is 5.75. The van der Waals surface area contributed by atoms with Crippen LogP contribution in [0.5, 0.6) is 0 Å². The molecule has 90 valence electrons. The molecule has 0 fully saturated rings. The van der Waals surface area contributed by atoms with Gasteiger partial charge in [-0.25, -0.2) is 4.98 Å². The van der Waals surface area contributed by atoms with Crippen molar-refractivity contribution < 1.29 is 9.90 Å². The summed E-state index contributed by atoms with van der Waals surface area (Å²) >= 11 is 0. The van der Waals surface area contributed by atoms with Crippen molar-refractivity contribution in [2.75, 3.05) is 0 Å². The van der Waals surface area contributed by atoms with E-state index in [2.05, 4.69) is 4.98 Å². The number of nitrogens with zero attached hydrogens (tertiary/aromatic N) is 2. The van der Waals surface area contributed by atoms with Gasteiger partial charge in [0.15, 0.2) is 0 Å². The van der Waals surface area contributed by atoms with Gasteiger partial charge in [0.25, 0.3) is 0 Å². The third kappa shape index (κ3) is 1.89.